The van der Waals surface area contributed by atoms with Gasteiger partial charge in [-0.15, -0.1) is 0 Å². The van der Waals surface area contributed by atoms with Crippen LogP contribution in [0.3, 0.4) is 0 Å². The van der Waals surface area contributed by atoms with E-state index in [0.717, 1.165) is 5.56 Å². The van der Waals surface area contributed by atoms with E-state index in [1.807, 2.05) is 30.3 Å². The van der Waals surface area contributed by atoms with Crippen molar-refractivity contribution in [2.24, 2.45) is 4.99 Å². The summed E-state index contributed by atoms with van der Waals surface area (Å²) in [6.07, 6.45) is 0. The van der Waals surface area contributed by atoms with Crippen molar-refractivity contribution in [1.82, 2.24) is 0 Å². The van der Waals surface area contributed by atoms with Gasteiger partial charge in [0.2, 0.25) is 5.90 Å². The predicted molar refractivity (Wildman–Crippen MR) is 48.5 cm³/mol. The van der Waals surface area contributed by atoms with Gasteiger partial charge in [0.25, 0.3) is 0 Å². The number of nitrogens with zero attached hydrogens (tertiary/aromatic N) is 1. The van der Waals surface area contributed by atoms with Gasteiger partial charge in [-0.3, -0.25) is 0 Å². The molecule has 1 heterocycles. The lowest BCUT2D eigenvalue weighted by Crippen LogP contribution is -2.10. The third kappa shape index (κ3) is 1.45. The maximum Gasteiger partial charge on any atom is 0.337 e. The lowest BCUT2D eigenvalue weighted by atomic mass is 10.2. The molecule has 66 valence electrons. The van der Waals surface area contributed by atoms with Gasteiger partial charge in [-0.05, 0) is 19.1 Å². The SMILES string of the molecule is CC1N=C(c2ccccc2)OC1=O. The lowest BCUT2D eigenvalue weighted by Gasteiger charge is -1.97. The normalized spacial score (nSPS) is 21.2. The van der Waals surface area contributed by atoms with Crippen LogP contribution < -0.4 is 0 Å². The van der Waals surface area contributed by atoms with Crippen LogP contribution in [0, 0.1) is 0 Å². The minimum Gasteiger partial charge on any atom is -0.406 e. The second-order valence-corrected chi connectivity index (χ2v) is 2.90. The van der Waals surface area contributed by atoms with Crippen molar-refractivity contribution in [3.8, 4) is 0 Å². The third-order valence-corrected chi connectivity index (χ3v) is 1.87. The molecule has 1 atom stereocenters. The number of aliphatic imine (C=N–C) groups is 1. The van der Waals surface area contributed by atoms with E-state index in [1.54, 1.807) is 6.92 Å². The van der Waals surface area contributed by atoms with Crippen LogP contribution >= 0.6 is 0 Å². The van der Waals surface area contributed by atoms with Gasteiger partial charge in [0.1, 0.15) is 6.04 Å². The molecule has 0 saturated heterocycles. The first-order chi connectivity index (χ1) is 6.27. The molecule has 0 saturated carbocycles. The van der Waals surface area contributed by atoms with Crippen LogP contribution in [0.5, 0.6) is 0 Å². The Hall–Kier alpha value is -1.64. The molecule has 1 aromatic rings. The number of esters is 1. The average Bonchev–Trinajstić information content (AvgIpc) is 2.49. The van der Waals surface area contributed by atoms with Crippen LogP contribution in [0.1, 0.15) is 12.5 Å². The number of carbonyl (C=O) groups is 1. The summed E-state index contributed by atoms with van der Waals surface area (Å²) in [7, 11) is 0. The highest BCUT2D eigenvalue weighted by atomic mass is 16.6. The van der Waals surface area contributed by atoms with Gasteiger partial charge in [-0.1, -0.05) is 18.2 Å². The van der Waals surface area contributed by atoms with E-state index < -0.39 is 0 Å². The molecular formula is C10H9NO2. The lowest BCUT2D eigenvalue weighted by molar-refractivity contribution is -0.134. The first-order valence-electron chi connectivity index (χ1n) is 4.12. The molecule has 2 rings (SSSR count). The molecule has 0 spiro atoms. The number of ether oxygens (including phenoxy) is 1. The van der Waals surface area contributed by atoms with E-state index in [1.165, 1.54) is 0 Å². The van der Waals surface area contributed by atoms with E-state index in [9.17, 15) is 4.79 Å². The molecule has 0 aliphatic carbocycles. The topological polar surface area (TPSA) is 38.7 Å². The largest absolute Gasteiger partial charge is 0.406 e. The van der Waals surface area contributed by atoms with Gasteiger partial charge in [0, 0.05) is 5.56 Å². The molecule has 0 bridgehead atoms. The Labute approximate surface area is 76.1 Å². The molecule has 1 aliphatic rings. The molecule has 1 unspecified atom stereocenters. The maximum absolute atomic E-state index is 11.0. The molecule has 1 aliphatic heterocycles. The Morgan fingerprint density at radius 1 is 1.31 bits per heavy atom. The number of carbonyl (C=O) groups excluding carboxylic acids is 1. The molecule has 3 heteroatoms. The third-order valence-electron chi connectivity index (χ3n) is 1.87. The zero-order valence-corrected chi connectivity index (χ0v) is 7.23. The summed E-state index contributed by atoms with van der Waals surface area (Å²) in [6.45, 7) is 1.72. The summed E-state index contributed by atoms with van der Waals surface area (Å²) in [5.41, 5.74) is 0.847. The number of hydrogen-bond acceptors (Lipinski definition) is 3. The minimum atomic E-state index is -0.366. The molecular weight excluding hydrogens is 166 g/mol. The minimum absolute atomic E-state index is 0.279. The highest BCUT2D eigenvalue weighted by molar-refractivity contribution is 6.05. The van der Waals surface area contributed by atoms with Gasteiger partial charge >= 0.3 is 5.97 Å². The summed E-state index contributed by atoms with van der Waals surface area (Å²) in [5.74, 6) is 0.150. The number of hydrogen-bond donors (Lipinski definition) is 0. The first-order valence-corrected chi connectivity index (χ1v) is 4.12. The van der Waals surface area contributed by atoms with E-state index >= 15 is 0 Å². The second kappa shape index (κ2) is 3.01. The molecule has 0 amide bonds. The standard InChI is InChI=1S/C10H9NO2/c1-7-10(12)13-9(11-7)8-5-3-2-4-6-8/h2-7H,1H3. The summed E-state index contributed by atoms with van der Waals surface area (Å²) in [6, 6.07) is 9.04. The smallest absolute Gasteiger partial charge is 0.337 e. The van der Waals surface area contributed by atoms with Crippen molar-refractivity contribution in [2.45, 2.75) is 13.0 Å². The molecule has 3 nitrogen and oxygen atoms in total. The van der Waals surface area contributed by atoms with Crippen LogP contribution in [0.15, 0.2) is 35.3 Å². The van der Waals surface area contributed by atoms with Crippen LogP contribution in [-0.2, 0) is 9.53 Å². The van der Waals surface area contributed by atoms with E-state index in [4.69, 9.17) is 4.74 Å². The summed E-state index contributed by atoms with van der Waals surface area (Å²) in [5, 5.41) is 0. The zero-order chi connectivity index (χ0) is 9.26. The quantitative estimate of drug-likeness (QED) is 0.605. The number of rotatable bonds is 1. The average molecular weight is 175 g/mol. The van der Waals surface area contributed by atoms with Gasteiger partial charge in [-0.2, -0.15) is 0 Å². The van der Waals surface area contributed by atoms with Crippen molar-refractivity contribution in [3.05, 3.63) is 35.9 Å². The summed E-state index contributed by atoms with van der Waals surface area (Å²) in [4.78, 5) is 15.1. The Kier molecular flexibility index (Phi) is 1.85. The molecule has 0 fully saturated rings. The van der Waals surface area contributed by atoms with Crippen molar-refractivity contribution in [2.75, 3.05) is 0 Å². The van der Waals surface area contributed by atoms with E-state index in [0.29, 0.717) is 5.90 Å². The fourth-order valence-corrected chi connectivity index (χ4v) is 1.15. The monoisotopic (exact) mass is 175 g/mol. The van der Waals surface area contributed by atoms with Gasteiger partial charge < -0.3 is 4.74 Å². The number of benzene rings is 1. The maximum atomic E-state index is 11.0. The zero-order valence-electron chi connectivity index (χ0n) is 7.23. The molecule has 0 radical (unpaired) electrons. The van der Waals surface area contributed by atoms with Gasteiger partial charge in [0.15, 0.2) is 0 Å². The van der Waals surface area contributed by atoms with Crippen molar-refractivity contribution < 1.29 is 9.53 Å². The van der Waals surface area contributed by atoms with Crippen LogP contribution in [0.4, 0.5) is 0 Å². The van der Waals surface area contributed by atoms with Crippen molar-refractivity contribution >= 4 is 11.9 Å². The Bertz CT molecular complexity index is 356. The highest BCUT2D eigenvalue weighted by Gasteiger charge is 2.25. The van der Waals surface area contributed by atoms with E-state index in [2.05, 4.69) is 4.99 Å². The van der Waals surface area contributed by atoms with Crippen molar-refractivity contribution in [1.29, 1.82) is 0 Å². The Morgan fingerprint density at radius 3 is 2.54 bits per heavy atom. The van der Waals surface area contributed by atoms with Gasteiger partial charge in [-0.25, -0.2) is 9.79 Å². The van der Waals surface area contributed by atoms with Gasteiger partial charge in [0.05, 0.1) is 0 Å². The van der Waals surface area contributed by atoms with Crippen LogP contribution in [0.25, 0.3) is 0 Å². The van der Waals surface area contributed by atoms with Crippen LogP contribution in [0.2, 0.25) is 0 Å². The molecule has 0 aromatic heterocycles. The Morgan fingerprint density at radius 2 is 2.00 bits per heavy atom. The molecule has 1 aromatic carbocycles. The fourth-order valence-electron chi connectivity index (χ4n) is 1.15. The summed E-state index contributed by atoms with van der Waals surface area (Å²) < 4.78 is 4.97. The molecule has 13 heavy (non-hydrogen) atoms. The predicted octanol–water partition coefficient (Wildman–Crippen LogP) is 1.38. The summed E-state index contributed by atoms with van der Waals surface area (Å²) >= 11 is 0. The van der Waals surface area contributed by atoms with Crippen molar-refractivity contribution in [3.63, 3.8) is 0 Å². The highest BCUT2D eigenvalue weighted by Crippen LogP contribution is 2.12. The Balaban J connectivity index is 2.30. The van der Waals surface area contributed by atoms with Crippen LogP contribution in [-0.4, -0.2) is 17.9 Å². The second-order valence-electron chi connectivity index (χ2n) is 2.90. The first kappa shape index (κ1) is 7.98. The van der Waals surface area contributed by atoms with E-state index in [-0.39, 0.29) is 12.0 Å². The molecule has 0 N–H and O–H groups in total. The number of cyclic esters (lactones) is 1. The fraction of sp³-hybridized carbons (Fsp3) is 0.200.